The zero-order valence-corrected chi connectivity index (χ0v) is 12.4. The predicted molar refractivity (Wildman–Crippen MR) is 81.2 cm³/mol. The van der Waals surface area contributed by atoms with Crippen LogP contribution in [0.15, 0.2) is 30.3 Å². The second kappa shape index (κ2) is 8.72. The van der Waals surface area contributed by atoms with E-state index in [2.05, 4.69) is 19.2 Å². The summed E-state index contributed by atoms with van der Waals surface area (Å²) in [5, 5.41) is 12.3. The number of aliphatic hydroxyl groups excluding tert-OH is 1. The first-order chi connectivity index (χ1) is 9.56. The molecule has 4 heteroatoms. The molecule has 4 N–H and O–H groups in total. The van der Waals surface area contributed by atoms with E-state index in [1.54, 1.807) is 0 Å². The number of benzene rings is 1. The van der Waals surface area contributed by atoms with E-state index in [0.29, 0.717) is 18.9 Å². The Kier molecular flexibility index (Phi) is 7.26. The van der Waals surface area contributed by atoms with Crippen LogP contribution in [0.4, 0.5) is 0 Å². The molecule has 1 aromatic rings. The van der Waals surface area contributed by atoms with Crippen LogP contribution in [-0.2, 0) is 11.2 Å². The Balaban J connectivity index is 2.56. The van der Waals surface area contributed by atoms with Crippen LogP contribution in [0.25, 0.3) is 0 Å². The second-order valence-electron chi connectivity index (χ2n) is 5.64. The lowest BCUT2D eigenvalue weighted by Crippen LogP contribution is -2.44. The van der Waals surface area contributed by atoms with E-state index < -0.39 is 0 Å². The van der Waals surface area contributed by atoms with E-state index in [4.69, 9.17) is 5.73 Å². The number of hydrogen-bond acceptors (Lipinski definition) is 3. The number of carbonyl (C=O) groups excluding carboxylic acids is 1. The summed E-state index contributed by atoms with van der Waals surface area (Å²) in [7, 11) is 0. The molecule has 0 fully saturated rings. The predicted octanol–water partition coefficient (Wildman–Crippen LogP) is 1.33. The molecule has 1 aromatic carbocycles. The molecule has 1 unspecified atom stereocenters. The van der Waals surface area contributed by atoms with Crippen LogP contribution in [0.3, 0.4) is 0 Å². The van der Waals surface area contributed by atoms with Crippen molar-refractivity contribution in [2.45, 2.75) is 32.7 Å². The van der Waals surface area contributed by atoms with Gasteiger partial charge in [-0.3, -0.25) is 4.79 Å². The minimum absolute atomic E-state index is 0.0591. The van der Waals surface area contributed by atoms with Crippen LogP contribution in [0.2, 0.25) is 0 Å². The molecule has 4 nitrogen and oxygen atoms in total. The quantitative estimate of drug-likeness (QED) is 0.671. The van der Waals surface area contributed by atoms with Crippen molar-refractivity contribution in [2.24, 2.45) is 17.6 Å². The Hall–Kier alpha value is -1.39. The molecule has 112 valence electrons. The van der Waals surface area contributed by atoms with Gasteiger partial charge in [0.15, 0.2) is 0 Å². The van der Waals surface area contributed by atoms with Crippen molar-refractivity contribution in [3.8, 4) is 0 Å². The summed E-state index contributed by atoms with van der Waals surface area (Å²) < 4.78 is 0. The first-order valence-corrected chi connectivity index (χ1v) is 7.22. The average Bonchev–Trinajstić information content (AvgIpc) is 2.44. The minimum atomic E-state index is -0.258. The summed E-state index contributed by atoms with van der Waals surface area (Å²) in [6.07, 6.45) is 1.40. The molecular weight excluding hydrogens is 252 g/mol. The van der Waals surface area contributed by atoms with Crippen LogP contribution in [0.5, 0.6) is 0 Å². The van der Waals surface area contributed by atoms with E-state index in [1.807, 2.05) is 30.3 Å². The highest BCUT2D eigenvalue weighted by molar-refractivity contribution is 5.79. The van der Waals surface area contributed by atoms with Gasteiger partial charge in [0.25, 0.3) is 0 Å². The normalized spacial score (nSPS) is 14.1. The number of carbonyl (C=O) groups is 1. The molecule has 0 aliphatic heterocycles. The number of rotatable bonds is 8. The SMILES string of the molecule is CC(C)CC(CN)C(=O)N[C@H](CO)Cc1ccccc1. The molecule has 1 amide bonds. The van der Waals surface area contributed by atoms with E-state index in [-0.39, 0.29) is 24.5 Å². The first-order valence-electron chi connectivity index (χ1n) is 7.22. The molecule has 20 heavy (non-hydrogen) atoms. The fourth-order valence-electron chi connectivity index (χ4n) is 2.26. The summed E-state index contributed by atoms with van der Waals surface area (Å²) in [4.78, 5) is 12.2. The minimum Gasteiger partial charge on any atom is -0.394 e. The smallest absolute Gasteiger partial charge is 0.224 e. The summed E-state index contributed by atoms with van der Waals surface area (Å²) in [5.41, 5.74) is 6.77. The highest BCUT2D eigenvalue weighted by Gasteiger charge is 2.21. The number of hydrogen-bond donors (Lipinski definition) is 3. The van der Waals surface area contributed by atoms with Crippen LogP contribution < -0.4 is 11.1 Å². The van der Waals surface area contributed by atoms with Gasteiger partial charge in [-0.1, -0.05) is 44.2 Å². The van der Waals surface area contributed by atoms with E-state index >= 15 is 0 Å². The van der Waals surface area contributed by atoms with Crippen molar-refractivity contribution >= 4 is 5.91 Å². The van der Waals surface area contributed by atoms with E-state index in [9.17, 15) is 9.90 Å². The van der Waals surface area contributed by atoms with Crippen LogP contribution >= 0.6 is 0 Å². The zero-order valence-electron chi connectivity index (χ0n) is 12.4. The molecule has 1 rings (SSSR count). The lowest BCUT2D eigenvalue weighted by atomic mass is 9.95. The van der Waals surface area contributed by atoms with Gasteiger partial charge in [0.2, 0.25) is 5.91 Å². The number of amides is 1. The number of nitrogens with one attached hydrogen (secondary N) is 1. The van der Waals surface area contributed by atoms with Crippen molar-refractivity contribution in [3.63, 3.8) is 0 Å². The Morgan fingerprint density at radius 3 is 2.45 bits per heavy atom. The summed E-state index contributed by atoms with van der Waals surface area (Å²) >= 11 is 0. The van der Waals surface area contributed by atoms with Gasteiger partial charge in [-0.2, -0.15) is 0 Å². The van der Waals surface area contributed by atoms with Crippen LogP contribution in [-0.4, -0.2) is 30.2 Å². The van der Waals surface area contributed by atoms with Crippen molar-refractivity contribution in [3.05, 3.63) is 35.9 Å². The van der Waals surface area contributed by atoms with Gasteiger partial charge in [0.05, 0.1) is 18.6 Å². The number of aliphatic hydroxyl groups is 1. The Labute approximate surface area is 121 Å². The van der Waals surface area contributed by atoms with Crippen molar-refractivity contribution in [1.82, 2.24) is 5.32 Å². The molecule has 0 bridgehead atoms. The zero-order chi connectivity index (χ0) is 15.0. The molecule has 0 saturated heterocycles. The van der Waals surface area contributed by atoms with Crippen molar-refractivity contribution in [1.29, 1.82) is 0 Å². The highest BCUT2D eigenvalue weighted by Crippen LogP contribution is 2.11. The highest BCUT2D eigenvalue weighted by atomic mass is 16.3. The third kappa shape index (κ3) is 5.72. The standard InChI is InChI=1S/C16H26N2O2/c1-12(2)8-14(10-17)16(20)18-15(11-19)9-13-6-4-3-5-7-13/h3-7,12,14-15,19H,8-11,17H2,1-2H3,(H,18,20)/t14?,15-/m0/s1. The van der Waals surface area contributed by atoms with Crippen LogP contribution in [0.1, 0.15) is 25.8 Å². The summed E-state index contributed by atoms with van der Waals surface area (Å²) in [5.74, 6) is 0.187. The van der Waals surface area contributed by atoms with Crippen molar-refractivity contribution < 1.29 is 9.90 Å². The molecule has 0 aromatic heterocycles. The largest absolute Gasteiger partial charge is 0.394 e. The molecule has 2 atom stereocenters. The monoisotopic (exact) mass is 278 g/mol. The summed E-state index contributed by atoms with van der Waals surface area (Å²) in [6.45, 7) is 4.42. The van der Waals surface area contributed by atoms with Gasteiger partial charge in [-0.25, -0.2) is 0 Å². The fourth-order valence-corrected chi connectivity index (χ4v) is 2.26. The first kappa shape index (κ1) is 16.7. The van der Waals surface area contributed by atoms with Gasteiger partial charge in [-0.05, 0) is 24.3 Å². The molecule has 0 radical (unpaired) electrons. The van der Waals surface area contributed by atoms with Gasteiger partial charge in [0.1, 0.15) is 0 Å². The maximum Gasteiger partial charge on any atom is 0.224 e. The molecule has 0 spiro atoms. The lowest BCUT2D eigenvalue weighted by molar-refractivity contribution is -0.126. The lowest BCUT2D eigenvalue weighted by Gasteiger charge is -2.21. The maximum atomic E-state index is 12.2. The third-order valence-corrected chi connectivity index (χ3v) is 3.30. The van der Waals surface area contributed by atoms with E-state index in [0.717, 1.165) is 12.0 Å². The Bertz CT molecular complexity index is 393. The van der Waals surface area contributed by atoms with Gasteiger partial charge in [-0.15, -0.1) is 0 Å². The maximum absolute atomic E-state index is 12.2. The van der Waals surface area contributed by atoms with Crippen LogP contribution in [0, 0.1) is 11.8 Å². The number of nitrogens with two attached hydrogens (primary N) is 1. The van der Waals surface area contributed by atoms with E-state index in [1.165, 1.54) is 0 Å². The van der Waals surface area contributed by atoms with Gasteiger partial charge >= 0.3 is 0 Å². The Morgan fingerprint density at radius 1 is 1.30 bits per heavy atom. The fraction of sp³-hybridized carbons (Fsp3) is 0.562. The van der Waals surface area contributed by atoms with Gasteiger partial charge < -0.3 is 16.2 Å². The van der Waals surface area contributed by atoms with Gasteiger partial charge in [0, 0.05) is 6.54 Å². The molecule has 0 heterocycles. The molecule has 0 aliphatic rings. The summed E-state index contributed by atoms with van der Waals surface area (Å²) in [6, 6.07) is 9.57. The molecular formula is C16H26N2O2. The second-order valence-corrected chi connectivity index (χ2v) is 5.64. The Morgan fingerprint density at radius 2 is 1.95 bits per heavy atom. The average molecular weight is 278 g/mol. The topological polar surface area (TPSA) is 75.4 Å². The molecule has 0 aliphatic carbocycles. The van der Waals surface area contributed by atoms with Crippen molar-refractivity contribution in [2.75, 3.05) is 13.2 Å². The molecule has 0 saturated carbocycles. The third-order valence-electron chi connectivity index (χ3n) is 3.30.